The third-order valence-electron chi connectivity index (χ3n) is 7.35. The van der Waals surface area contributed by atoms with Crippen molar-refractivity contribution < 1.29 is 4.79 Å². The number of hydrogen-bond acceptors (Lipinski definition) is 4. The summed E-state index contributed by atoms with van der Waals surface area (Å²) in [6, 6.07) is 8.80. The maximum absolute atomic E-state index is 12.9. The minimum absolute atomic E-state index is 0. The molecule has 1 aliphatic heterocycles. The molecule has 188 valence electrons. The van der Waals surface area contributed by atoms with E-state index in [2.05, 4.69) is 53.2 Å². The summed E-state index contributed by atoms with van der Waals surface area (Å²) in [5.41, 5.74) is 4.17. The molecule has 1 amide bonds. The number of anilines is 1. The van der Waals surface area contributed by atoms with E-state index < -0.39 is 0 Å². The first-order valence-corrected chi connectivity index (χ1v) is 13.1. The van der Waals surface area contributed by atoms with Crippen molar-refractivity contribution in [3.8, 4) is 6.07 Å². The molecular formula is C28H43ClN4O. The second-order valence-corrected chi connectivity index (χ2v) is 9.83. The van der Waals surface area contributed by atoms with Crippen LogP contribution in [0.15, 0.2) is 30.0 Å². The van der Waals surface area contributed by atoms with E-state index in [0.29, 0.717) is 0 Å². The van der Waals surface area contributed by atoms with Crippen LogP contribution < -0.4 is 10.2 Å². The quantitative estimate of drug-likeness (QED) is 0.416. The highest BCUT2D eigenvalue weighted by Gasteiger charge is 2.20. The molecular weight excluding hydrogens is 444 g/mol. The molecule has 2 fully saturated rings. The molecule has 0 spiro atoms. The van der Waals surface area contributed by atoms with Crippen LogP contribution >= 0.6 is 12.4 Å². The Bertz CT molecular complexity index is 827. The second kappa shape index (κ2) is 14.9. The summed E-state index contributed by atoms with van der Waals surface area (Å²) in [6.45, 7) is 7.74. The molecule has 1 aromatic rings. The van der Waals surface area contributed by atoms with Gasteiger partial charge in [0.2, 0.25) is 0 Å². The first-order valence-electron chi connectivity index (χ1n) is 13.1. The van der Waals surface area contributed by atoms with Crippen LogP contribution in [0.5, 0.6) is 0 Å². The van der Waals surface area contributed by atoms with Crippen LogP contribution in [-0.2, 0) is 4.79 Å². The second-order valence-electron chi connectivity index (χ2n) is 9.83. The van der Waals surface area contributed by atoms with Crippen LogP contribution in [0.2, 0.25) is 0 Å². The number of carbonyl (C=O) groups excluding carboxylic acids is 1. The van der Waals surface area contributed by atoms with Crippen LogP contribution in [0, 0.1) is 25.2 Å². The zero-order valence-corrected chi connectivity index (χ0v) is 22.0. The lowest BCUT2D eigenvalue weighted by molar-refractivity contribution is -0.118. The van der Waals surface area contributed by atoms with Crippen LogP contribution in [0.3, 0.4) is 0 Å². The van der Waals surface area contributed by atoms with E-state index in [1.54, 1.807) is 6.20 Å². The van der Waals surface area contributed by atoms with Gasteiger partial charge >= 0.3 is 0 Å². The SMILES string of the molecule is Cc1cccc(N2CCN(/C=C(/C#N)C(=O)NC3CCCCCCCCCCC3)CC2)c1C.Cl. The zero-order valence-electron chi connectivity index (χ0n) is 21.2. The molecule has 2 aliphatic rings. The molecule has 1 saturated carbocycles. The van der Waals surface area contributed by atoms with Gasteiger partial charge in [-0.3, -0.25) is 4.79 Å². The van der Waals surface area contributed by atoms with E-state index in [0.717, 1.165) is 51.9 Å². The van der Waals surface area contributed by atoms with E-state index >= 15 is 0 Å². The maximum Gasteiger partial charge on any atom is 0.263 e. The van der Waals surface area contributed by atoms with Crippen molar-refractivity contribution >= 4 is 24.0 Å². The van der Waals surface area contributed by atoms with Gasteiger partial charge in [0.05, 0.1) is 0 Å². The fraction of sp³-hybridized carbons (Fsp3) is 0.643. The predicted octanol–water partition coefficient (Wildman–Crippen LogP) is 6.04. The van der Waals surface area contributed by atoms with E-state index in [1.165, 1.54) is 61.8 Å². The van der Waals surface area contributed by atoms with E-state index in [4.69, 9.17) is 0 Å². The topological polar surface area (TPSA) is 59.4 Å². The molecule has 0 unspecified atom stereocenters. The lowest BCUT2D eigenvalue weighted by Gasteiger charge is -2.36. The van der Waals surface area contributed by atoms with Gasteiger partial charge in [0.15, 0.2) is 0 Å². The highest BCUT2D eigenvalue weighted by Crippen LogP contribution is 2.24. The Kier molecular flexibility index (Phi) is 12.3. The molecule has 0 atom stereocenters. The summed E-state index contributed by atoms with van der Waals surface area (Å²) in [5, 5.41) is 12.9. The molecule has 0 bridgehead atoms. The Morgan fingerprint density at radius 1 is 0.941 bits per heavy atom. The lowest BCUT2D eigenvalue weighted by Crippen LogP contribution is -2.45. The first kappa shape index (κ1) is 28.1. The normalized spacial score (nSPS) is 19.3. The van der Waals surface area contributed by atoms with Crippen molar-refractivity contribution in [1.82, 2.24) is 10.2 Å². The number of nitrogens with one attached hydrogen (secondary N) is 1. The molecule has 0 aromatic heterocycles. The van der Waals surface area contributed by atoms with Gasteiger partial charge in [-0.05, 0) is 43.9 Å². The molecule has 5 nitrogen and oxygen atoms in total. The van der Waals surface area contributed by atoms with E-state index in [9.17, 15) is 10.1 Å². The Morgan fingerprint density at radius 2 is 1.50 bits per heavy atom. The molecule has 6 heteroatoms. The number of rotatable bonds is 4. The van der Waals surface area contributed by atoms with Crippen molar-refractivity contribution in [2.24, 2.45) is 0 Å². The fourth-order valence-corrected chi connectivity index (χ4v) is 5.06. The molecule has 1 saturated heterocycles. The van der Waals surface area contributed by atoms with Gasteiger partial charge in [-0.25, -0.2) is 0 Å². The Morgan fingerprint density at radius 3 is 2.06 bits per heavy atom. The largest absolute Gasteiger partial charge is 0.373 e. The van der Waals surface area contributed by atoms with Gasteiger partial charge in [0.25, 0.3) is 5.91 Å². The summed E-state index contributed by atoms with van der Waals surface area (Å²) >= 11 is 0. The number of piperazine rings is 1. The average Bonchev–Trinajstić information content (AvgIpc) is 2.81. The van der Waals surface area contributed by atoms with Crippen molar-refractivity contribution in [3.05, 3.63) is 41.1 Å². The number of nitrogens with zero attached hydrogens (tertiary/aromatic N) is 3. The third kappa shape index (κ3) is 8.55. The number of carbonyl (C=O) groups is 1. The molecule has 1 heterocycles. The molecule has 1 N–H and O–H groups in total. The minimum atomic E-state index is -0.202. The van der Waals surface area contributed by atoms with Gasteiger partial charge in [-0.2, -0.15) is 5.26 Å². The number of amides is 1. The predicted molar refractivity (Wildman–Crippen MR) is 143 cm³/mol. The van der Waals surface area contributed by atoms with E-state index in [-0.39, 0.29) is 29.9 Å². The van der Waals surface area contributed by atoms with Crippen molar-refractivity contribution in [3.63, 3.8) is 0 Å². The number of aryl methyl sites for hydroxylation is 1. The van der Waals surface area contributed by atoms with E-state index in [1.807, 2.05) is 0 Å². The van der Waals surface area contributed by atoms with Crippen LogP contribution in [0.1, 0.15) is 81.8 Å². The molecule has 0 radical (unpaired) electrons. The molecule has 1 aliphatic carbocycles. The summed E-state index contributed by atoms with van der Waals surface area (Å²) in [5.74, 6) is -0.202. The summed E-state index contributed by atoms with van der Waals surface area (Å²) < 4.78 is 0. The molecule has 1 aromatic carbocycles. The Hall–Kier alpha value is -2.19. The summed E-state index contributed by atoms with van der Waals surface area (Å²) in [4.78, 5) is 17.5. The minimum Gasteiger partial charge on any atom is -0.373 e. The van der Waals surface area contributed by atoms with Crippen LogP contribution in [0.4, 0.5) is 5.69 Å². The number of hydrogen-bond donors (Lipinski definition) is 1. The molecule has 3 rings (SSSR count). The number of halogens is 1. The first-order chi connectivity index (χ1) is 16.1. The van der Waals surface area contributed by atoms with Gasteiger partial charge < -0.3 is 15.1 Å². The van der Waals surface area contributed by atoms with Gasteiger partial charge in [-0.15, -0.1) is 12.4 Å². The zero-order chi connectivity index (χ0) is 23.5. The maximum atomic E-state index is 12.9. The van der Waals surface area contributed by atoms with Crippen molar-refractivity contribution in [1.29, 1.82) is 5.26 Å². The van der Waals surface area contributed by atoms with Gasteiger partial charge in [0.1, 0.15) is 11.6 Å². The van der Waals surface area contributed by atoms with Gasteiger partial charge in [-0.1, -0.05) is 69.9 Å². The van der Waals surface area contributed by atoms with Crippen molar-refractivity contribution in [2.45, 2.75) is 90.5 Å². The molecule has 34 heavy (non-hydrogen) atoms. The van der Waals surface area contributed by atoms with Gasteiger partial charge in [0, 0.05) is 44.1 Å². The van der Waals surface area contributed by atoms with Crippen molar-refractivity contribution in [2.75, 3.05) is 31.1 Å². The lowest BCUT2D eigenvalue weighted by atomic mass is 9.97. The highest BCUT2D eigenvalue weighted by atomic mass is 35.5. The fourth-order valence-electron chi connectivity index (χ4n) is 5.06. The number of benzene rings is 1. The summed E-state index contributed by atoms with van der Waals surface area (Å²) in [7, 11) is 0. The highest BCUT2D eigenvalue weighted by molar-refractivity contribution is 5.97. The van der Waals surface area contributed by atoms with Crippen LogP contribution in [0.25, 0.3) is 0 Å². The summed E-state index contributed by atoms with van der Waals surface area (Å²) in [6.07, 6.45) is 15.3. The average molecular weight is 487 g/mol. The monoisotopic (exact) mass is 486 g/mol. The Balaban J connectivity index is 0.00000408. The third-order valence-corrected chi connectivity index (χ3v) is 7.35. The number of nitriles is 1. The smallest absolute Gasteiger partial charge is 0.263 e. The van der Waals surface area contributed by atoms with Crippen LogP contribution in [-0.4, -0.2) is 43.0 Å². The Labute approximate surface area is 213 Å². The standard InChI is InChI=1S/C28H42N4O.ClH/c1-23-13-12-16-27(24(23)2)32-19-17-31(18-20-32)22-25(21-29)28(33)30-26-14-10-8-6-4-3-5-7-9-11-15-26;/h12-13,16,22,26H,3-11,14-15,17-20H2,1-2H3,(H,30,33);1H/b25-22-;.